The molecule has 0 aliphatic heterocycles. The minimum atomic E-state index is -0.568. The number of benzene rings is 1. The van der Waals surface area contributed by atoms with E-state index in [2.05, 4.69) is 0 Å². The third-order valence-corrected chi connectivity index (χ3v) is 2.42. The Kier molecular flexibility index (Phi) is 3.81. The molecule has 3 heteroatoms. The third-order valence-electron chi connectivity index (χ3n) is 2.42. The zero-order valence-electron chi connectivity index (χ0n) is 9.96. The number of nitrogens with two attached hydrogens (primary N) is 1. The van der Waals surface area contributed by atoms with Gasteiger partial charge in [0.25, 0.3) is 0 Å². The Labute approximate surface area is 95.7 Å². The first kappa shape index (κ1) is 12.8. The highest BCUT2D eigenvalue weighted by Gasteiger charge is 2.26. The molecule has 0 bridgehead atoms. The van der Waals surface area contributed by atoms with Gasteiger partial charge in [0, 0.05) is 5.41 Å². The van der Waals surface area contributed by atoms with Crippen LogP contribution < -0.4 is 5.73 Å². The molecule has 0 heterocycles. The summed E-state index contributed by atoms with van der Waals surface area (Å²) >= 11 is 0. The summed E-state index contributed by atoms with van der Waals surface area (Å²) in [6, 6.07) is 5.62. The second kappa shape index (κ2) is 4.74. The van der Waals surface area contributed by atoms with Crippen molar-refractivity contribution < 1.29 is 9.18 Å². The number of hydrogen-bond acceptors (Lipinski definition) is 2. The Morgan fingerprint density at radius 2 is 2.06 bits per heavy atom. The molecule has 0 unspecified atom stereocenters. The van der Waals surface area contributed by atoms with E-state index in [1.54, 1.807) is 12.1 Å². The molecule has 0 saturated carbocycles. The number of carbonyl (C=O) groups is 1. The monoisotopic (exact) mass is 223 g/mol. The van der Waals surface area contributed by atoms with Gasteiger partial charge in [0.05, 0.1) is 6.04 Å². The predicted molar refractivity (Wildman–Crippen MR) is 62.5 cm³/mol. The van der Waals surface area contributed by atoms with E-state index in [0.29, 0.717) is 6.42 Å². The van der Waals surface area contributed by atoms with Crippen LogP contribution in [-0.4, -0.2) is 11.8 Å². The molecule has 0 saturated heterocycles. The van der Waals surface area contributed by atoms with Crippen LogP contribution in [0, 0.1) is 11.2 Å². The minimum Gasteiger partial charge on any atom is -0.321 e. The van der Waals surface area contributed by atoms with Crippen LogP contribution in [0.4, 0.5) is 4.39 Å². The first-order valence-corrected chi connectivity index (χ1v) is 5.35. The number of Topliss-reactive ketones (excluding diaryl/α,β-unsaturated/α-hetero) is 1. The van der Waals surface area contributed by atoms with Gasteiger partial charge in [0.1, 0.15) is 5.82 Å². The van der Waals surface area contributed by atoms with Crippen LogP contribution in [0.3, 0.4) is 0 Å². The number of carbonyl (C=O) groups excluding carboxylic acids is 1. The van der Waals surface area contributed by atoms with Crippen molar-refractivity contribution in [3.63, 3.8) is 0 Å². The van der Waals surface area contributed by atoms with Crippen LogP contribution in [0.15, 0.2) is 24.3 Å². The van der Waals surface area contributed by atoms with Crippen LogP contribution in [0.25, 0.3) is 0 Å². The van der Waals surface area contributed by atoms with E-state index in [9.17, 15) is 9.18 Å². The van der Waals surface area contributed by atoms with E-state index in [4.69, 9.17) is 5.73 Å². The molecule has 0 aliphatic carbocycles. The van der Waals surface area contributed by atoms with Crippen molar-refractivity contribution in [3.05, 3.63) is 35.6 Å². The Morgan fingerprint density at radius 1 is 1.44 bits per heavy atom. The molecule has 0 radical (unpaired) electrons. The van der Waals surface area contributed by atoms with Crippen LogP contribution >= 0.6 is 0 Å². The highest BCUT2D eigenvalue weighted by atomic mass is 19.1. The van der Waals surface area contributed by atoms with Crippen LogP contribution in [0.2, 0.25) is 0 Å². The number of hydrogen-bond donors (Lipinski definition) is 1. The maximum absolute atomic E-state index is 12.9. The van der Waals surface area contributed by atoms with Crippen molar-refractivity contribution in [3.8, 4) is 0 Å². The number of ketones is 1. The minimum absolute atomic E-state index is 0.00300. The van der Waals surface area contributed by atoms with Gasteiger partial charge < -0.3 is 5.73 Å². The summed E-state index contributed by atoms with van der Waals surface area (Å²) in [5.74, 6) is -0.301. The molecule has 0 amide bonds. The zero-order valence-corrected chi connectivity index (χ0v) is 9.96. The summed E-state index contributed by atoms with van der Waals surface area (Å²) < 4.78 is 12.9. The molecule has 0 aliphatic rings. The normalized spacial score (nSPS) is 13.6. The molecular formula is C13H18FNO. The maximum atomic E-state index is 12.9. The van der Waals surface area contributed by atoms with E-state index in [1.807, 2.05) is 20.8 Å². The lowest BCUT2D eigenvalue weighted by molar-refractivity contribution is -0.127. The van der Waals surface area contributed by atoms with Gasteiger partial charge in [-0.05, 0) is 24.1 Å². The van der Waals surface area contributed by atoms with Crippen LogP contribution in [0.1, 0.15) is 26.3 Å². The first-order valence-electron chi connectivity index (χ1n) is 5.35. The smallest absolute Gasteiger partial charge is 0.155 e. The van der Waals surface area contributed by atoms with Crippen LogP contribution in [-0.2, 0) is 11.2 Å². The largest absolute Gasteiger partial charge is 0.321 e. The van der Waals surface area contributed by atoms with Crippen molar-refractivity contribution in [2.24, 2.45) is 11.1 Å². The van der Waals surface area contributed by atoms with Gasteiger partial charge in [-0.3, -0.25) is 4.79 Å². The second-order valence-corrected chi connectivity index (χ2v) is 5.05. The van der Waals surface area contributed by atoms with Gasteiger partial charge in [-0.25, -0.2) is 4.39 Å². The zero-order chi connectivity index (χ0) is 12.3. The Hall–Kier alpha value is -1.22. The summed E-state index contributed by atoms with van der Waals surface area (Å²) in [5.41, 5.74) is 6.12. The standard InChI is InChI=1S/C13H18FNO/c1-13(2,3)12(16)11(15)8-9-5-4-6-10(14)7-9/h4-7,11H,8,15H2,1-3H3/t11-/m0/s1. The molecule has 1 rings (SSSR count). The van der Waals surface area contributed by atoms with E-state index in [-0.39, 0.29) is 11.6 Å². The topological polar surface area (TPSA) is 43.1 Å². The molecule has 16 heavy (non-hydrogen) atoms. The Morgan fingerprint density at radius 3 is 2.56 bits per heavy atom. The molecule has 1 atom stereocenters. The highest BCUT2D eigenvalue weighted by Crippen LogP contribution is 2.18. The molecule has 0 spiro atoms. The highest BCUT2D eigenvalue weighted by molar-refractivity contribution is 5.88. The van der Waals surface area contributed by atoms with E-state index < -0.39 is 11.5 Å². The average Bonchev–Trinajstić information content (AvgIpc) is 2.15. The average molecular weight is 223 g/mol. The molecular weight excluding hydrogens is 205 g/mol. The van der Waals surface area contributed by atoms with E-state index >= 15 is 0 Å². The Bertz CT molecular complexity index is 382. The van der Waals surface area contributed by atoms with Gasteiger partial charge in [0.15, 0.2) is 5.78 Å². The van der Waals surface area contributed by atoms with Crippen molar-refractivity contribution in [2.45, 2.75) is 33.2 Å². The van der Waals surface area contributed by atoms with Crippen molar-refractivity contribution in [2.75, 3.05) is 0 Å². The summed E-state index contributed by atoms with van der Waals surface area (Å²) in [4.78, 5) is 11.8. The van der Waals surface area contributed by atoms with Gasteiger partial charge in [0.2, 0.25) is 0 Å². The number of rotatable bonds is 3. The molecule has 0 fully saturated rings. The van der Waals surface area contributed by atoms with Crippen molar-refractivity contribution in [1.29, 1.82) is 0 Å². The molecule has 2 N–H and O–H groups in total. The maximum Gasteiger partial charge on any atom is 0.155 e. The lowest BCUT2D eigenvalue weighted by Gasteiger charge is -2.21. The lowest BCUT2D eigenvalue weighted by Crippen LogP contribution is -2.40. The van der Waals surface area contributed by atoms with Gasteiger partial charge in [-0.2, -0.15) is 0 Å². The van der Waals surface area contributed by atoms with Crippen LogP contribution in [0.5, 0.6) is 0 Å². The lowest BCUT2D eigenvalue weighted by atomic mass is 9.85. The molecule has 1 aromatic carbocycles. The summed E-state index contributed by atoms with van der Waals surface area (Å²) in [6.07, 6.45) is 0.383. The fourth-order valence-corrected chi connectivity index (χ4v) is 1.57. The summed E-state index contributed by atoms with van der Waals surface area (Å²) in [6.45, 7) is 5.50. The van der Waals surface area contributed by atoms with Crippen molar-refractivity contribution in [1.82, 2.24) is 0 Å². The van der Waals surface area contributed by atoms with Crippen molar-refractivity contribution >= 4 is 5.78 Å². The molecule has 88 valence electrons. The first-order chi connectivity index (χ1) is 7.30. The van der Waals surface area contributed by atoms with E-state index in [1.165, 1.54) is 12.1 Å². The van der Waals surface area contributed by atoms with E-state index in [0.717, 1.165) is 5.56 Å². The SMILES string of the molecule is CC(C)(C)C(=O)[C@@H](N)Cc1cccc(F)c1. The quantitative estimate of drug-likeness (QED) is 0.854. The summed E-state index contributed by atoms with van der Waals surface area (Å²) in [5, 5.41) is 0. The summed E-state index contributed by atoms with van der Waals surface area (Å²) in [7, 11) is 0. The van der Waals surface area contributed by atoms with Gasteiger partial charge >= 0.3 is 0 Å². The fourth-order valence-electron chi connectivity index (χ4n) is 1.57. The van der Waals surface area contributed by atoms with Gasteiger partial charge in [-0.1, -0.05) is 32.9 Å². The Balaban J connectivity index is 2.72. The predicted octanol–water partition coefficient (Wildman–Crippen LogP) is 2.31. The number of halogens is 1. The molecule has 0 aromatic heterocycles. The molecule has 2 nitrogen and oxygen atoms in total. The molecule has 1 aromatic rings. The fraction of sp³-hybridized carbons (Fsp3) is 0.462. The third kappa shape index (κ3) is 3.42. The van der Waals surface area contributed by atoms with Gasteiger partial charge in [-0.15, -0.1) is 0 Å². The second-order valence-electron chi connectivity index (χ2n) is 5.05.